The lowest BCUT2D eigenvalue weighted by Crippen LogP contribution is -2.45. The van der Waals surface area contributed by atoms with Crippen LogP contribution >= 0.6 is 0 Å². The third-order valence-electron chi connectivity index (χ3n) is 6.20. The van der Waals surface area contributed by atoms with Gasteiger partial charge in [-0.05, 0) is 60.7 Å². The van der Waals surface area contributed by atoms with Crippen molar-refractivity contribution in [1.82, 2.24) is 5.32 Å². The third kappa shape index (κ3) is 5.19. The Morgan fingerprint density at radius 3 is 2.11 bits per heavy atom. The highest BCUT2D eigenvalue weighted by molar-refractivity contribution is 5.99. The Morgan fingerprint density at radius 1 is 0.914 bits per heavy atom. The van der Waals surface area contributed by atoms with Crippen LogP contribution in [0.1, 0.15) is 53.2 Å². The summed E-state index contributed by atoms with van der Waals surface area (Å²) in [7, 11) is 0. The fourth-order valence-corrected chi connectivity index (χ4v) is 4.56. The van der Waals surface area contributed by atoms with Crippen LogP contribution in [0.25, 0.3) is 11.1 Å². The van der Waals surface area contributed by atoms with E-state index in [-0.39, 0.29) is 18.9 Å². The van der Waals surface area contributed by atoms with Gasteiger partial charge in [0.25, 0.3) is 5.91 Å². The number of benzene rings is 3. The first kappa shape index (κ1) is 24.0. The first-order chi connectivity index (χ1) is 16.7. The molecule has 0 bridgehead atoms. The fraction of sp³-hybridized carbons (Fsp3) is 0.250. The number of anilines is 1. The van der Waals surface area contributed by atoms with Crippen molar-refractivity contribution >= 4 is 23.7 Å². The van der Waals surface area contributed by atoms with Crippen LogP contribution in [0.2, 0.25) is 0 Å². The van der Waals surface area contributed by atoms with Gasteiger partial charge in [-0.2, -0.15) is 0 Å². The number of hydrogen-bond acceptors (Lipinski definition) is 4. The molecule has 180 valence electrons. The van der Waals surface area contributed by atoms with Crippen molar-refractivity contribution in [2.75, 3.05) is 11.9 Å². The zero-order chi connectivity index (χ0) is 25.2. The highest BCUT2D eigenvalue weighted by Gasteiger charge is 2.29. The Bertz CT molecular complexity index is 1250. The van der Waals surface area contributed by atoms with Crippen LogP contribution < -0.4 is 10.6 Å². The summed E-state index contributed by atoms with van der Waals surface area (Å²) in [4.78, 5) is 36.5. The number of rotatable bonds is 7. The maximum absolute atomic E-state index is 12.8. The van der Waals surface area contributed by atoms with Gasteiger partial charge < -0.3 is 15.2 Å². The Kier molecular flexibility index (Phi) is 6.60. The van der Waals surface area contributed by atoms with E-state index >= 15 is 0 Å². The molecule has 1 aliphatic rings. The summed E-state index contributed by atoms with van der Waals surface area (Å²) in [5.41, 5.74) is 4.98. The summed E-state index contributed by atoms with van der Waals surface area (Å²) in [5, 5.41) is 14.5. The molecule has 0 saturated heterocycles. The van der Waals surface area contributed by atoms with Gasteiger partial charge in [0.2, 0.25) is 0 Å². The average molecular weight is 473 g/mol. The van der Waals surface area contributed by atoms with Gasteiger partial charge in [0.05, 0.1) is 6.42 Å². The summed E-state index contributed by atoms with van der Waals surface area (Å²) >= 11 is 0. The van der Waals surface area contributed by atoms with E-state index in [1.165, 1.54) is 0 Å². The summed E-state index contributed by atoms with van der Waals surface area (Å²) < 4.78 is 5.61. The topological polar surface area (TPSA) is 105 Å². The number of aliphatic carboxylic acids is 1. The zero-order valence-electron chi connectivity index (χ0n) is 19.9. The van der Waals surface area contributed by atoms with Gasteiger partial charge in [-0.25, -0.2) is 4.79 Å². The molecule has 7 nitrogen and oxygen atoms in total. The average Bonchev–Trinajstić information content (AvgIpc) is 3.11. The van der Waals surface area contributed by atoms with Gasteiger partial charge in [0.15, 0.2) is 0 Å². The lowest BCUT2D eigenvalue weighted by atomic mass is 9.98. The smallest absolute Gasteiger partial charge is 0.411 e. The molecule has 0 unspecified atom stereocenters. The minimum atomic E-state index is -1.00. The second-order valence-electron chi connectivity index (χ2n) is 9.34. The van der Waals surface area contributed by atoms with Crippen molar-refractivity contribution in [3.63, 3.8) is 0 Å². The largest absolute Gasteiger partial charge is 0.481 e. The molecule has 7 heteroatoms. The maximum atomic E-state index is 12.8. The van der Waals surface area contributed by atoms with E-state index < -0.39 is 23.5 Å². The lowest BCUT2D eigenvalue weighted by molar-refractivity contribution is -0.138. The molecule has 0 aromatic heterocycles. The number of carbonyl (C=O) groups is 3. The molecule has 0 fully saturated rings. The number of hydrogen-bond donors (Lipinski definition) is 3. The second kappa shape index (κ2) is 9.62. The minimum absolute atomic E-state index is 0.0529. The van der Waals surface area contributed by atoms with E-state index in [9.17, 15) is 14.4 Å². The third-order valence-corrected chi connectivity index (χ3v) is 6.20. The SMILES string of the molecule is Cc1c(NC(=O)OCC2c3ccccc3-c3ccccc32)cccc1C(=O)NC(C)(C)CC(=O)O. The molecule has 0 heterocycles. The molecular formula is C28H28N2O5. The number of nitrogens with one attached hydrogen (secondary N) is 2. The quantitative estimate of drug-likeness (QED) is 0.431. The normalized spacial score (nSPS) is 12.4. The summed E-state index contributed by atoms with van der Waals surface area (Å²) in [6, 6.07) is 21.2. The van der Waals surface area contributed by atoms with Gasteiger partial charge >= 0.3 is 12.1 Å². The van der Waals surface area contributed by atoms with Crippen LogP contribution in [0.3, 0.4) is 0 Å². The van der Waals surface area contributed by atoms with Crippen LogP contribution in [0.4, 0.5) is 10.5 Å². The molecule has 35 heavy (non-hydrogen) atoms. The van der Waals surface area contributed by atoms with Crippen molar-refractivity contribution in [3.8, 4) is 11.1 Å². The molecule has 0 radical (unpaired) electrons. The van der Waals surface area contributed by atoms with E-state index in [4.69, 9.17) is 9.84 Å². The van der Waals surface area contributed by atoms with Crippen LogP contribution in [0, 0.1) is 6.92 Å². The summed E-state index contributed by atoms with van der Waals surface area (Å²) in [5.74, 6) is -1.47. The molecule has 3 N–H and O–H groups in total. The van der Waals surface area contributed by atoms with Gasteiger partial charge in [-0.1, -0.05) is 54.6 Å². The minimum Gasteiger partial charge on any atom is -0.481 e. The standard InChI is InChI=1S/C28H28N2O5/c1-17-18(26(33)30-28(2,3)15-25(31)32)13-8-14-24(17)29-27(34)35-16-23-21-11-6-4-9-19(21)20-10-5-7-12-22(20)23/h4-14,23H,15-16H2,1-3H3,(H,29,34)(H,30,33)(H,31,32). The van der Waals surface area contributed by atoms with Crippen LogP contribution in [-0.4, -0.2) is 35.2 Å². The van der Waals surface area contributed by atoms with E-state index in [1.807, 2.05) is 24.3 Å². The number of fused-ring (bicyclic) bond motifs is 3. The van der Waals surface area contributed by atoms with E-state index in [0.717, 1.165) is 22.3 Å². The number of carboxylic acids is 1. The van der Waals surface area contributed by atoms with Crippen molar-refractivity contribution in [1.29, 1.82) is 0 Å². The van der Waals surface area contributed by atoms with E-state index in [2.05, 4.69) is 34.9 Å². The predicted octanol–water partition coefficient (Wildman–Crippen LogP) is 5.34. The van der Waals surface area contributed by atoms with Crippen LogP contribution in [-0.2, 0) is 9.53 Å². The molecule has 2 amide bonds. The Hall–Kier alpha value is -4.13. The highest BCUT2D eigenvalue weighted by Crippen LogP contribution is 2.44. The number of ether oxygens (including phenoxy) is 1. The molecule has 3 aromatic rings. The van der Waals surface area contributed by atoms with Crippen molar-refractivity contribution in [2.24, 2.45) is 0 Å². The number of amides is 2. The van der Waals surface area contributed by atoms with Crippen LogP contribution in [0.15, 0.2) is 66.7 Å². The monoisotopic (exact) mass is 472 g/mol. The molecule has 0 aliphatic heterocycles. The van der Waals surface area contributed by atoms with Crippen molar-refractivity contribution < 1.29 is 24.2 Å². The predicted molar refractivity (Wildman–Crippen MR) is 134 cm³/mol. The van der Waals surface area contributed by atoms with Crippen LogP contribution in [0.5, 0.6) is 0 Å². The second-order valence-corrected chi connectivity index (χ2v) is 9.34. The Balaban J connectivity index is 1.44. The van der Waals surface area contributed by atoms with Crippen molar-refractivity contribution in [3.05, 3.63) is 89.0 Å². The molecule has 0 atom stereocenters. The van der Waals surface area contributed by atoms with Gasteiger partial charge in [-0.3, -0.25) is 14.9 Å². The molecular weight excluding hydrogens is 444 g/mol. The molecule has 4 rings (SSSR count). The lowest BCUT2D eigenvalue weighted by Gasteiger charge is -2.25. The Morgan fingerprint density at radius 2 is 1.51 bits per heavy atom. The summed E-state index contributed by atoms with van der Waals surface area (Å²) in [6.07, 6.45) is -0.825. The first-order valence-corrected chi connectivity index (χ1v) is 11.4. The van der Waals surface area contributed by atoms with Gasteiger partial charge in [0, 0.05) is 22.7 Å². The number of carbonyl (C=O) groups excluding carboxylic acids is 2. The van der Waals surface area contributed by atoms with E-state index in [0.29, 0.717) is 16.8 Å². The Labute approximate surface area is 204 Å². The summed E-state index contributed by atoms with van der Waals surface area (Å²) in [6.45, 7) is 5.20. The maximum Gasteiger partial charge on any atom is 0.411 e. The fourth-order valence-electron chi connectivity index (χ4n) is 4.56. The molecule has 1 aliphatic carbocycles. The van der Waals surface area contributed by atoms with Gasteiger partial charge in [-0.15, -0.1) is 0 Å². The highest BCUT2D eigenvalue weighted by atomic mass is 16.5. The van der Waals surface area contributed by atoms with Crippen molar-refractivity contribution in [2.45, 2.75) is 38.6 Å². The first-order valence-electron chi connectivity index (χ1n) is 11.4. The molecule has 3 aromatic carbocycles. The number of carboxylic acid groups (broad SMARTS) is 1. The van der Waals surface area contributed by atoms with E-state index in [1.54, 1.807) is 39.0 Å². The zero-order valence-corrected chi connectivity index (χ0v) is 19.9. The molecule has 0 saturated carbocycles. The van der Waals surface area contributed by atoms with Gasteiger partial charge in [0.1, 0.15) is 6.61 Å². The molecule has 0 spiro atoms.